The molecule has 0 atom stereocenters. The number of ether oxygens (including phenoxy) is 3. The molecule has 0 saturated carbocycles. The molecule has 1 aromatic rings. The van der Waals surface area contributed by atoms with Crippen molar-refractivity contribution in [1.82, 2.24) is 4.90 Å². The number of esters is 1. The quantitative estimate of drug-likeness (QED) is 0.506. The van der Waals surface area contributed by atoms with Crippen molar-refractivity contribution in [3.63, 3.8) is 0 Å². The van der Waals surface area contributed by atoms with Crippen LogP contribution in [0.15, 0.2) is 30.4 Å². The minimum atomic E-state index is -0.589. The van der Waals surface area contributed by atoms with Crippen LogP contribution >= 0.6 is 0 Å². The van der Waals surface area contributed by atoms with Crippen LogP contribution in [0.3, 0.4) is 0 Å². The van der Waals surface area contributed by atoms with Crippen LogP contribution in [0, 0.1) is 0 Å². The number of methoxy groups -OCH3 is 1. The van der Waals surface area contributed by atoms with Gasteiger partial charge in [-0.3, -0.25) is 4.79 Å². The van der Waals surface area contributed by atoms with Gasteiger partial charge in [0, 0.05) is 13.1 Å². The van der Waals surface area contributed by atoms with E-state index in [2.05, 4.69) is 6.58 Å². The molecule has 6 heteroatoms. The lowest BCUT2D eigenvalue weighted by Gasteiger charge is -2.20. The summed E-state index contributed by atoms with van der Waals surface area (Å²) in [5.41, 5.74) is 1.16. The third-order valence-electron chi connectivity index (χ3n) is 3.28. The molecule has 0 aromatic heterocycles. The Hall–Kier alpha value is -2.50. The zero-order valence-corrected chi connectivity index (χ0v) is 15.6. The van der Waals surface area contributed by atoms with Gasteiger partial charge in [0.25, 0.3) is 5.91 Å². The highest BCUT2D eigenvalue weighted by Crippen LogP contribution is 2.29. The Morgan fingerprint density at radius 1 is 1.24 bits per heavy atom. The number of hydrogen-bond donors (Lipinski definition) is 0. The van der Waals surface area contributed by atoms with E-state index in [1.807, 2.05) is 27.7 Å². The summed E-state index contributed by atoms with van der Waals surface area (Å²) in [7, 11) is 1.50. The van der Waals surface area contributed by atoms with E-state index in [1.54, 1.807) is 17.0 Å². The van der Waals surface area contributed by atoms with Crippen molar-refractivity contribution in [2.45, 2.75) is 33.8 Å². The Balaban J connectivity index is 2.74. The van der Waals surface area contributed by atoms with Crippen molar-refractivity contribution in [3.8, 4) is 11.5 Å². The van der Waals surface area contributed by atoms with Crippen molar-refractivity contribution >= 4 is 11.9 Å². The van der Waals surface area contributed by atoms with E-state index < -0.39 is 5.97 Å². The van der Waals surface area contributed by atoms with Gasteiger partial charge in [-0.2, -0.15) is 0 Å². The molecule has 0 spiro atoms. The van der Waals surface area contributed by atoms with Crippen molar-refractivity contribution < 1.29 is 23.8 Å². The van der Waals surface area contributed by atoms with Gasteiger partial charge >= 0.3 is 5.97 Å². The first-order valence-corrected chi connectivity index (χ1v) is 8.22. The van der Waals surface area contributed by atoms with Crippen molar-refractivity contribution in [2.75, 3.05) is 26.8 Å². The summed E-state index contributed by atoms with van der Waals surface area (Å²) in [6.45, 7) is 12.0. The number of nitrogens with zero attached hydrogens (tertiary/aromatic N) is 1. The van der Waals surface area contributed by atoms with Gasteiger partial charge in [0.1, 0.15) is 0 Å². The highest BCUT2D eigenvalue weighted by molar-refractivity contribution is 5.92. The Labute approximate surface area is 149 Å². The molecule has 1 amide bonds. The van der Waals surface area contributed by atoms with Crippen LogP contribution in [0.1, 0.15) is 38.1 Å². The molecule has 0 N–H and O–H groups in total. The maximum Gasteiger partial charge on any atom is 0.338 e. The fourth-order valence-electron chi connectivity index (χ4n) is 2.15. The summed E-state index contributed by atoms with van der Waals surface area (Å²) < 4.78 is 16.0. The topological polar surface area (TPSA) is 65.1 Å². The first-order valence-electron chi connectivity index (χ1n) is 8.22. The van der Waals surface area contributed by atoms with Gasteiger partial charge in [-0.1, -0.05) is 12.2 Å². The summed E-state index contributed by atoms with van der Waals surface area (Å²) in [5.74, 6) is 0.135. The second kappa shape index (κ2) is 9.71. The van der Waals surface area contributed by atoms with Crippen LogP contribution in [0.25, 0.3) is 0 Å². The van der Waals surface area contributed by atoms with Gasteiger partial charge in [0.2, 0.25) is 0 Å². The lowest BCUT2D eigenvalue weighted by atomic mass is 10.2. The predicted molar refractivity (Wildman–Crippen MR) is 96.1 cm³/mol. The van der Waals surface area contributed by atoms with E-state index >= 15 is 0 Å². The summed E-state index contributed by atoms with van der Waals surface area (Å²) in [6.07, 6.45) is -0.0160. The van der Waals surface area contributed by atoms with Crippen molar-refractivity contribution in [2.24, 2.45) is 0 Å². The molecule has 0 saturated heterocycles. The molecular formula is C19H27NO5. The number of likely N-dealkylation sites (N-methyl/N-ethyl adjacent to an activating group) is 1. The summed E-state index contributed by atoms with van der Waals surface area (Å²) in [6, 6.07) is 4.77. The molecule has 0 unspecified atom stereocenters. The predicted octanol–water partition coefficient (Wildman–Crippen LogP) is 3.06. The summed E-state index contributed by atoms with van der Waals surface area (Å²) in [4.78, 5) is 25.9. The van der Waals surface area contributed by atoms with Gasteiger partial charge in [-0.25, -0.2) is 4.79 Å². The van der Waals surface area contributed by atoms with Crippen LogP contribution in [-0.4, -0.2) is 49.7 Å². The average molecular weight is 349 g/mol. The standard InChI is InChI=1S/C19H27NO5/c1-7-20(11-13(2)3)18(21)12-24-19(22)15-8-9-16(25-14(4)5)17(10-15)23-6/h8-10,14H,2,7,11-12H2,1,3-6H3. The largest absolute Gasteiger partial charge is 0.493 e. The highest BCUT2D eigenvalue weighted by Gasteiger charge is 2.17. The smallest absolute Gasteiger partial charge is 0.338 e. The number of rotatable bonds is 9. The third-order valence-corrected chi connectivity index (χ3v) is 3.28. The van der Waals surface area contributed by atoms with Crippen LogP contribution in [0.2, 0.25) is 0 Å². The maximum atomic E-state index is 12.2. The molecule has 0 bridgehead atoms. The van der Waals surface area contributed by atoms with Crippen LogP contribution < -0.4 is 9.47 Å². The molecule has 0 heterocycles. The van der Waals surface area contributed by atoms with E-state index in [1.165, 1.54) is 13.2 Å². The second-order valence-electron chi connectivity index (χ2n) is 5.97. The zero-order chi connectivity index (χ0) is 19.0. The average Bonchev–Trinajstić information content (AvgIpc) is 2.56. The first-order chi connectivity index (χ1) is 11.8. The molecule has 1 rings (SSSR count). The number of benzene rings is 1. The Morgan fingerprint density at radius 2 is 1.92 bits per heavy atom. The summed E-state index contributed by atoms with van der Waals surface area (Å²) in [5, 5.41) is 0. The lowest BCUT2D eigenvalue weighted by Crippen LogP contribution is -2.35. The zero-order valence-electron chi connectivity index (χ0n) is 15.6. The van der Waals surface area contributed by atoms with Crippen molar-refractivity contribution in [3.05, 3.63) is 35.9 Å². The van der Waals surface area contributed by atoms with Gasteiger partial charge in [0.05, 0.1) is 18.8 Å². The fraction of sp³-hybridized carbons (Fsp3) is 0.474. The van der Waals surface area contributed by atoms with Gasteiger partial charge in [-0.15, -0.1) is 0 Å². The molecule has 0 aliphatic rings. The lowest BCUT2D eigenvalue weighted by molar-refractivity contribution is -0.133. The second-order valence-corrected chi connectivity index (χ2v) is 5.97. The van der Waals surface area contributed by atoms with Gasteiger partial charge in [0.15, 0.2) is 18.1 Å². The number of amides is 1. The Kier molecular flexibility index (Phi) is 7.98. The first kappa shape index (κ1) is 20.5. The van der Waals surface area contributed by atoms with E-state index in [-0.39, 0.29) is 18.6 Å². The molecule has 0 fully saturated rings. The van der Waals surface area contributed by atoms with E-state index in [9.17, 15) is 9.59 Å². The molecule has 1 aromatic carbocycles. The highest BCUT2D eigenvalue weighted by atomic mass is 16.5. The van der Waals surface area contributed by atoms with E-state index in [0.29, 0.717) is 30.2 Å². The minimum absolute atomic E-state index is 0.0160. The van der Waals surface area contributed by atoms with Gasteiger partial charge < -0.3 is 19.1 Å². The SMILES string of the molecule is C=C(C)CN(CC)C(=O)COC(=O)c1ccc(OC(C)C)c(OC)c1. The molecular weight excluding hydrogens is 322 g/mol. The third kappa shape index (κ3) is 6.49. The van der Waals surface area contributed by atoms with Crippen LogP contribution in [0.5, 0.6) is 11.5 Å². The molecule has 6 nitrogen and oxygen atoms in total. The van der Waals surface area contributed by atoms with Crippen LogP contribution in [-0.2, 0) is 9.53 Å². The van der Waals surface area contributed by atoms with Crippen LogP contribution in [0.4, 0.5) is 0 Å². The molecule has 0 radical (unpaired) electrons. The molecule has 0 aliphatic carbocycles. The molecule has 138 valence electrons. The summed E-state index contributed by atoms with van der Waals surface area (Å²) >= 11 is 0. The monoisotopic (exact) mass is 349 g/mol. The number of carbonyl (C=O) groups excluding carboxylic acids is 2. The Morgan fingerprint density at radius 3 is 2.44 bits per heavy atom. The number of hydrogen-bond acceptors (Lipinski definition) is 5. The Bertz CT molecular complexity index is 624. The van der Waals surface area contributed by atoms with E-state index in [0.717, 1.165) is 5.57 Å². The van der Waals surface area contributed by atoms with E-state index in [4.69, 9.17) is 14.2 Å². The normalized spacial score (nSPS) is 10.3. The molecule has 25 heavy (non-hydrogen) atoms. The number of carbonyl (C=O) groups is 2. The van der Waals surface area contributed by atoms with Crippen molar-refractivity contribution in [1.29, 1.82) is 0 Å². The maximum absolute atomic E-state index is 12.2. The van der Waals surface area contributed by atoms with Gasteiger partial charge in [-0.05, 0) is 45.9 Å². The molecule has 0 aliphatic heterocycles. The fourth-order valence-corrected chi connectivity index (χ4v) is 2.15. The minimum Gasteiger partial charge on any atom is -0.493 e.